The predicted molar refractivity (Wildman–Crippen MR) is 40.0 cm³/mol. The SMILES string of the molecule is CCCN(CCC)[N+]([O-])=NO.[Na+]. The monoisotopic (exact) mass is 184 g/mol. The van der Waals surface area contributed by atoms with Gasteiger partial charge in [0.15, 0.2) is 0 Å². The Kier molecular flexibility index (Phi) is 11.0. The van der Waals surface area contributed by atoms with E-state index in [4.69, 9.17) is 5.21 Å². The summed E-state index contributed by atoms with van der Waals surface area (Å²) in [5.74, 6) is 0. The molecule has 5 nitrogen and oxygen atoms in total. The topological polar surface area (TPSA) is 61.9 Å². The molecule has 0 rings (SSSR count). The van der Waals surface area contributed by atoms with E-state index in [1.807, 2.05) is 13.8 Å². The molecule has 0 aliphatic heterocycles. The van der Waals surface area contributed by atoms with Crippen LogP contribution in [0.5, 0.6) is 0 Å². The van der Waals surface area contributed by atoms with E-state index in [9.17, 15) is 5.21 Å². The van der Waals surface area contributed by atoms with Crippen LogP contribution in [0.2, 0.25) is 0 Å². The van der Waals surface area contributed by atoms with Gasteiger partial charge in [-0.25, -0.2) is 0 Å². The maximum atomic E-state index is 10.7. The summed E-state index contributed by atoms with van der Waals surface area (Å²) in [7, 11) is 0. The van der Waals surface area contributed by atoms with Gasteiger partial charge in [0.2, 0.25) is 5.28 Å². The van der Waals surface area contributed by atoms with E-state index in [-0.39, 0.29) is 34.5 Å². The van der Waals surface area contributed by atoms with Gasteiger partial charge in [0.25, 0.3) is 0 Å². The molecule has 0 aliphatic rings. The van der Waals surface area contributed by atoms with Crippen LogP contribution < -0.4 is 29.6 Å². The van der Waals surface area contributed by atoms with Crippen molar-refractivity contribution in [3.63, 3.8) is 0 Å². The molecule has 0 aromatic carbocycles. The average Bonchev–Trinajstić information content (AvgIpc) is 2.03. The second-order valence-corrected chi connectivity index (χ2v) is 2.30. The summed E-state index contributed by atoms with van der Waals surface area (Å²) in [6, 6.07) is 0. The van der Waals surface area contributed by atoms with Gasteiger partial charge in [-0.3, -0.25) is 0 Å². The van der Waals surface area contributed by atoms with Crippen LogP contribution in [0.4, 0.5) is 0 Å². The molecule has 0 saturated heterocycles. The molecule has 66 valence electrons. The first-order valence-corrected chi connectivity index (χ1v) is 3.83. The molecule has 0 atom stereocenters. The summed E-state index contributed by atoms with van der Waals surface area (Å²) < 4.78 is 0. The van der Waals surface area contributed by atoms with E-state index in [0.717, 1.165) is 12.8 Å². The maximum Gasteiger partial charge on any atom is 1.00 e. The average molecular weight is 184 g/mol. The van der Waals surface area contributed by atoms with E-state index in [1.54, 1.807) is 0 Å². The van der Waals surface area contributed by atoms with Gasteiger partial charge in [0.05, 0.1) is 18.1 Å². The number of hydrazine groups is 1. The van der Waals surface area contributed by atoms with Gasteiger partial charge in [0, 0.05) is 0 Å². The van der Waals surface area contributed by atoms with Crippen LogP contribution in [0.3, 0.4) is 0 Å². The Morgan fingerprint density at radius 2 is 1.75 bits per heavy atom. The first-order chi connectivity index (χ1) is 5.26. The largest absolute Gasteiger partial charge is 1.00 e. The molecule has 0 aliphatic carbocycles. The first kappa shape index (κ1) is 14.5. The Bertz CT molecular complexity index is 126. The predicted octanol–water partition coefficient (Wildman–Crippen LogP) is -1.62. The molecule has 0 radical (unpaired) electrons. The van der Waals surface area contributed by atoms with Crippen LogP contribution in [0, 0.1) is 5.21 Å². The van der Waals surface area contributed by atoms with E-state index >= 15 is 0 Å². The van der Waals surface area contributed by atoms with Crippen molar-refractivity contribution in [2.45, 2.75) is 26.7 Å². The minimum atomic E-state index is 0. The Balaban J connectivity index is 0. The van der Waals surface area contributed by atoms with Crippen molar-refractivity contribution < 1.29 is 39.7 Å². The zero-order chi connectivity index (χ0) is 8.69. The summed E-state index contributed by atoms with van der Waals surface area (Å²) in [5, 5.41) is 22.8. The zero-order valence-electron chi connectivity index (χ0n) is 8.03. The van der Waals surface area contributed by atoms with E-state index in [0.29, 0.717) is 13.1 Å². The number of hydrogen-bond donors (Lipinski definition) is 1. The third-order valence-corrected chi connectivity index (χ3v) is 1.28. The van der Waals surface area contributed by atoms with Crippen molar-refractivity contribution in [3.05, 3.63) is 5.21 Å². The Hall–Kier alpha value is 0. The summed E-state index contributed by atoms with van der Waals surface area (Å²) in [6.07, 6.45) is 1.74. The second kappa shape index (κ2) is 9.09. The quantitative estimate of drug-likeness (QED) is 0.242. The molecular formula is C6H15N3NaO2+. The smallest absolute Gasteiger partial charge is 0.569 e. The molecule has 0 saturated carbocycles. The van der Waals surface area contributed by atoms with Crippen molar-refractivity contribution in [3.8, 4) is 0 Å². The fourth-order valence-corrected chi connectivity index (χ4v) is 0.856. The van der Waals surface area contributed by atoms with Crippen LogP contribution in [0.1, 0.15) is 26.7 Å². The van der Waals surface area contributed by atoms with Crippen molar-refractivity contribution >= 4 is 0 Å². The van der Waals surface area contributed by atoms with Gasteiger partial charge in [-0.1, -0.05) is 13.8 Å². The number of hydrogen-bond acceptors (Lipinski definition) is 2. The van der Waals surface area contributed by atoms with E-state index in [2.05, 4.69) is 5.28 Å². The maximum absolute atomic E-state index is 10.7. The second-order valence-electron chi connectivity index (χ2n) is 2.30. The van der Waals surface area contributed by atoms with Crippen LogP contribution in [-0.4, -0.2) is 28.3 Å². The third kappa shape index (κ3) is 5.62. The Labute approximate surface area is 94.9 Å². The normalized spacial score (nSPS) is 10.7. The van der Waals surface area contributed by atoms with Crippen LogP contribution in [-0.2, 0) is 0 Å². The minimum Gasteiger partial charge on any atom is -0.569 e. The summed E-state index contributed by atoms with van der Waals surface area (Å²) in [5.41, 5.74) is 0. The molecule has 0 spiro atoms. The van der Waals surface area contributed by atoms with Gasteiger partial charge in [-0.2, -0.15) is 0 Å². The molecule has 0 aromatic rings. The first-order valence-electron chi connectivity index (χ1n) is 3.83. The van der Waals surface area contributed by atoms with Crippen LogP contribution in [0.25, 0.3) is 0 Å². The molecular weight excluding hydrogens is 169 g/mol. The van der Waals surface area contributed by atoms with Gasteiger partial charge in [-0.05, 0) is 12.8 Å². The van der Waals surface area contributed by atoms with E-state index in [1.165, 1.54) is 5.01 Å². The van der Waals surface area contributed by atoms with Gasteiger partial charge in [-0.15, -0.1) is 5.01 Å². The number of nitrogens with zero attached hydrogens (tertiary/aromatic N) is 3. The van der Waals surface area contributed by atoms with Crippen molar-refractivity contribution in [1.29, 1.82) is 0 Å². The molecule has 6 heteroatoms. The Morgan fingerprint density at radius 3 is 2.00 bits per heavy atom. The van der Waals surface area contributed by atoms with Crippen LogP contribution >= 0.6 is 0 Å². The summed E-state index contributed by atoms with van der Waals surface area (Å²) in [4.78, 5) is 0.229. The molecule has 1 N–H and O–H groups in total. The fraction of sp³-hybridized carbons (Fsp3) is 1.00. The molecule has 0 aromatic heterocycles. The zero-order valence-corrected chi connectivity index (χ0v) is 10.0. The molecule has 0 unspecified atom stereocenters. The van der Waals surface area contributed by atoms with Crippen LogP contribution in [0.15, 0.2) is 5.28 Å². The van der Waals surface area contributed by atoms with Crippen molar-refractivity contribution in [2.24, 2.45) is 5.28 Å². The molecule has 0 amide bonds. The van der Waals surface area contributed by atoms with Gasteiger partial charge in [0.1, 0.15) is 0 Å². The minimum absolute atomic E-state index is 0. The third-order valence-electron chi connectivity index (χ3n) is 1.28. The number of rotatable bonds is 5. The summed E-state index contributed by atoms with van der Waals surface area (Å²) in [6.45, 7) is 5.19. The molecule has 12 heavy (non-hydrogen) atoms. The molecule has 0 heterocycles. The standard InChI is InChI=1S/C6H15N3O2.Na/c1-3-5-8(6-4-2)9(11)7-10;/h10H,3-6H2,1-2H3;/q;+1. The Morgan fingerprint density at radius 1 is 1.33 bits per heavy atom. The van der Waals surface area contributed by atoms with Crippen molar-refractivity contribution in [2.75, 3.05) is 13.1 Å². The van der Waals surface area contributed by atoms with Gasteiger partial charge >= 0.3 is 29.6 Å². The molecule has 0 fully saturated rings. The summed E-state index contributed by atoms with van der Waals surface area (Å²) >= 11 is 0. The molecule has 0 bridgehead atoms. The van der Waals surface area contributed by atoms with Gasteiger partial charge < -0.3 is 10.4 Å². The fourth-order valence-electron chi connectivity index (χ4n) is 0.856. The van der Waals surface area contributed by atoms with E-state index < -0.39 is 0 Å². The van der Waals surface area contributed by atoms with Crippen molar-refractivity contribution in [1.82, 2.24) is 5.01 Å².